The van der Waals surface area contributed by atoms with Gasteiger partial charge in [0, 0.05) is 11.1 Å². The van der Waals surface area contributed by atoms with Crippen LogP contribution in [0.1, 0.15) is 6.92 Å². The molecule has 0 spiro atoms. The molecule has 8 heteroatoms. The van der Waals surface area contributed by atoms with Gasteiger partial charge < -0.3 is 10.1 Å². The maximum atomic E-state index is 12.2. The van der Waals surface area contributed by atoms with E-state index in [1.54, 1.807) is 26.2 Å². The van der Waals surface area contributed by atoms with Gasteiger partial charge in [0.05, 0.1) is 17.3 Å². The number of nitrogens with zero attached hydrogens (tertiary/aromatic N) is 2. The van der Waals surface area contributed by atoms with Gasteiger partial charge in [0.2, 0.25) is 5.91 Å². The molecule has 0 saturated carbocycles. The van der Waals surface area contributed by atoms with E-state index in [-0.39, 0.29) is 17.3 Å². The van der Waals surface area contributed by atoms with Crippen LogP contribution >= 0.6 is 11.8 Å². The first kappa shape index (κ1) is 16.8. The zero-order valence-electron chi connectivity index (χ0n) is 12.6. The Bertz CT molecular complexity index is 706. The van der Waals surface area contributed by atoms with Crippen LogP contribution in [-0.4, -0.2) is 28.2 Å². The Hall–Kier alpha value is -2.61. The van der Waals surface area contributed by atoms with Crippen molar-refractivity contribution in [2.75, 3.05) is 12.4 Å². The van der Waals surface area contributed by atoms with E-state index in [2.05, 4.69) is 10.3 Å². The van der Waals surface area contributed by atoms with E-state index in [1.807, 2.05) is 12.1 Å². The van der Waals surface area contributed by atoms with Gasteiger partial charge in [-0.25, -0.2) is 0 Å². The molecule has 0 radical (unpaired) electrons. The fourth-order valence-electron chi connectivity index (χ4n) is 1.78. The van der Waals surface area contributed by atoms with Crippen LogP contribution in [0.3, 0.4) is 0 Å². The second-order valence-corrected chi connectivity index (χ2v) is 5.99. The number of rotatable bonds is 6. The molecule has 0 unspecified atom stereocenters. The number of carbonyl (C=O) groups excluding carboxylic acids is 1. The molecular weight excluding hydrogens is 318 g/mol. The number of thioether (sulfide) groups is 1. The topological polar surface area (TPSA) is 94.4 Å². The molecule has 0 saturated heterocycles. The number of amides is 1. The third kappa shape index (κ3) is 4.43. The number of benzene rings is 1. The number of pyridine rings is 1. The van der Waals surface area contributed by atoms with Gasteiger partial charge in [-0.2, -0.15) is 0 Å². The fraction of sp³-hybridized carbons (Fsp3) is 0.200. The minimum atomic E-state index is -0.579. The van der Waals surface area contributed by atoms with Gasteiger partial charge in [-0.3, -0.25) is 19.9 Å². The van der Waals surface area contributed by atoms with Crippen molar-refractivity contribution in [3.63, 3.8) is 0 Å². The van der Waals surface area contributed by atoms with E-state index in [4.69, 9.17) is 4.74 Å². The lowest BCUT2D eigenvalue weighted by Gasteiger charge is -2.12. The number of methoxy groups -OCH3 is 1. The molecule has 0 aliphatic heterocycles. The van der Waals surface area contributed by atoms with Gasteiger partial charge in [0.1, 0.15) is 17.6 Å². The summed E-state index contributed by atoms with van der Waals surface area (Å²) in [5, 5.41) is 13.1. The minimum absolute atomic E-state index is 0.136. The highest BCUT2D eigenvalue weighted by Gasteiger charge is 2.20. The number of ether oxygens (including phenoxy) is 1. The van der Waals surface area contributed by atoms with Gasteiger partial charge >= 0.3 is 5.69 Å². The first-order valence-electron chi connectivity index (χ1n) is 6.71. The predicted molar refractivity (Wildman–Crippen MR) is 87.8 cm³/mol. The molecule has 1 aromatic carbocycles. The highest BCUT2D eigenvalue weighted by Crippen LogP contribution is 2.27. The van der Waals surface area contributed by atoms with Crippen molar-refractivity contribution in [2.45, 2.75) is 17.1 Å². The number of nitro groups is 1. The maximum absolute atomic E-state index is 12.2. The lowest BCUT2D eigenvalue weighted by molar-refractivity contribution is -0.384. The summed E-state index contributed by atoms with van der Waals surface area (Å²) in [7, 11) is 1.58. The molecule has 1 aromatic heterocycles. The molecule has 7 nitrogen and oxygen atoms in total. The Labute approximate surface area is 137 Å². The smallest absolute Gasteiger partial charge is 0.310 e. The van der Waals surface area contributed by atoms with Crippen LogP contribution < -0.4 is 10.1 Å². The van der Waals surface area contributed by atoms with Gasteiger partial charge in [-0.05, 0) is 37.3 Å². The third-order valence-electron chi connectivity index (χ3n) is 3.00. The molecule has 0 bridgehead atoms. The molecule has 0 fully saturated rings. The summed E-state index contributed by atoms with van der Waals surface area (Å²) < 4.78 is 5.08. The molecule has 2 rings (SSSR count). The second kappa shape index (κ2) is 7.59. The van der Waals surface area contributed by atoms with Crippen LogP contribution in [0.5, 0.6) is 5.75 Å². The molecule has 0 aliphatic carbocycles. The van der Waals surface area contributed by atoms with Crippen molar-refractivity contribution in [1.82, 2.24) is 4.98 Å². The number of nitrogens with one attached hydrogen (secondary N) is 1. The first-order valence-corrected chi connectivity index (χ1v) is 7.59. The summed E-state index contributed by atoms with van der Waals surface area (Å²) >= 11 is 1.35. The van der Waals surface area contributed by atoms with E-state index in [0.29, 0.717) is 0 Å². The van der Waals surface area contributed by atoms with Crippen LogP contribution in [0.25, 0.3) is 0 Å². The van der Waals surface area contributed by atoms with Crippen molar-refractivity contribution >= 4 is 29.0 Å². The van der Waals surface area contributed by atoms with Crippen LogP contribution in [0.2, 0.25) is 0 Å². The fourth-order valence-corrected chi connectivity index (χ4v) is 2.65. The summed E-state index contributed by atoms with van der Waals surface area (Å²) in [6, 6.07) is 8.71. The number of hydrogen-bond donors (Lipinski definition) is 1. The first-order chi connectivity index (χ1) is 11.0. The zero-order chi connectivity index (χ0) is 16.8. The molecule has 1 amide bonds. The normalized spacial score (nSPS) is 11.6. The molecular formula is C15H15N3O4S. The van der Waals surface area contributed by atoms with E-state index in [1.165, 1.54) is 24.0 Å². The van der Waals surface area contributed by atoms with Crippen molar-refractivity contribution in [1.29, 1.82) is 0 Å². The summed E-state index contributed by atoms with van der Waals surface area (Å²) in [6.07, 6.45) is 2.50. The summed E-state index contributed by atoms with van der Waals surface area (Å²) in [4.78, 5) is 27.2. The number of hydrogen-bond acceptors (Lipinski definition) is 6. The quantitative estimate of drug-likeness (QED) is 0.496. The van der Waals surface area contributed by atoms with Crippen molar-refractivity contribution in [3.8, 4) is 5.75 Å². The van der Waals surface area contributed by atoms with E-state index in [0.717, 1.165) is 16.8 Å². The maximum Gasteiger partial charge on any atom is 0.310 e. The predicted octanol–water partition coefficient (Wildman–Crippen LogP) is 3.12. The number of aromatic nitrogens is 1. The second-order valence-electron chi connectivity index (χ2n) is 4.57. The van der Waals surface area contributed by atoms with Gasteiger partial charge in [-0.1, -0.05) is 0 Å². The van der Waals surface area contributed by atoms with E-state index < -0.39 is 10.2 Å². The Morgan fingerprint density at radius 1 is 1.35 bits per heavy atom. The summed E-state index contributed by atoms with van der Waals surface area (Å²) in [5.74, 6) is 0.416. The van der Waals surface area contributed by atoms with Crippen LogP contribution in [0.15, 0.2) is 47.6 Å². The highest BCUT2D eigenvalue weighted by molar-refractivity contribution is 8.00. The standard InChI is InChI=1S/C15H15N3O4S/c1-10(23-12-5-3-11(22-2)4-6-12)15(19)17-13-7-8-16-9-14(13)18(20)21/h3-10H,1-2H3,(H,16,17,19)/t10-/m1/s1. The monoisotopic (exact) mass is 333 g/mol. The molecule has 1 heterocycles. The SMILES string of the molecule is COc1ccc(S[C@H](C)C(=O)Nc2ccncc2[N+](=O)[O-])cc1. The van der Waals surface area contributed by atoms with Gasteiger partial charge in [-0.15, -0.1) is 11.8 Å². The Balaban J connectivity index is 2.04. The minimum Gasteiger partial charge on any atom is -0.497 e. The largest absolute Gasteiger partial charge is 0.497 e. The average Bonchev–Trinajstić information content (AvgIpc) is 2.55. The van der Waals surface area contributed by atoms with Crippen molar-refractivity contribution in [3.05, 3.63) is 52.8 Å². The summed E-state index contributed by atoms with van der Waals surface area (Å²) in [5.41, 5.74) is -0.0975. The summed E-state index contributed by atoms with van der Waals surface area (Å²) in [6.45, 7) is 1.73. The van der Waals surface area contributed by atoms with Gasteiger partial charge in [0.25, 0.3) is 0 Å². The van der Waals surface area contributed by atoms with Crippen molar-refractivity contribution in [2.24, 2.45) is 0 Å². The molecule has 1 atom stereocenters. The number of anilines is 1. The van der Waals surface area contributed by atoms with Crippen LogP contribution in [0, 0.1) is 10.1 Å². The van der Waals surface area contributed by atoms with Gasteiger partial charge in [0.15, 0.2) is 0 Å². The number of carbonyl (C=O) groups is 1. The zero-order valence-corrected chi connectivity index (χ0v) is 13.4. The highest BCUT2D eigenvalue weighted by atomic mass is 32.2. The van der Waals surface area contributed by atoms with E-state index >= 15 is 0 Å². The molecule has 0 aliphatic rings. The lowest BCUT2D eigenvalue weighted by atomic mass is 10.3. The molecule has 1 N–H and O–H groups in total. The van der Waals surface area contributed by atoms with Crippen LogP contribution in [-0.2, 0) is 4.79 Å². The Morgan fingerprint density at radius 2 is 2.04 bits per heavy atom. The molecule has 2 aromatic rings. The average molecular weight is 333 g/mol. The van der Waals surface area contributed by atoms with Crippen molar-refractivity contribution < 1.29 is 14.5 Å². The molecule has 120 valence electrons. The van der Waals surface area contributed by atoms with E-state index in [9.17, 15) is 14.9 Å². The third-order valence-corrected chi connectivity index (χ3v) is 4.11. The molecule has 23 heavy (non-hydrogen) atoms. The van der Waals surface area contributed by atoms with Crippen LogP contribution in [0.4, 0.5) is 11.4 Å². The lowest BCUT2D eigenvalue weighted by Crippen LogP contribution is -2.22. The Morgan fingerprint density at radius 3 is 2.65 bits per heavy atom. The Kier molecular flexibility index (Phi) is 5.53.